The molecule has 8 heteroatoms. The molecule has 1 aliphatic rings. The number of aromatic amines is 1. The van der Waals surface area contributed by atoms with Gasteiger partial charge in [-0.1, -0.05) is 43.2 Å². The van der Waals surface area contributed by atoms with Crippen LogP contribution >= 0.6 is 0 Å². The molecule has 3 aromatic rings. The number of likely N-dealkylation sites (tertiary alicyclic amines) is 1. The number of ether oxygens (including phenoxy) is 1. The third-order valence-electron chi connectivity index (χ3n) is 8.02. The van der Waals surface area contributed by atoms with Crippen LogP contribution in [0.5, 0.6) is 5.75 Å². The third-order valence-corrected chi connectivity index (χ3v) is 8.02. The molecule has 2 aromatic carbocycles. The normalized spacial score (nSPS) is 16.0. The Balaban J connectivity index is 1.34. The van der Waals surface area contributed by atoms with Gasteiger partial charge in [-0.25, -0.2) is 0 Å². The minimum atomic E-state index is -0.610. The maximum atomic E-state index is 13.3. The average molecular weight is 561 g/mol. The molecule has 2 heterocycles. The number of methoxy groups -OCH3 is 1. The van der Waals surface area contributed by atoms with Crippen molar-refractivity contribution in [3.05, 3.63) is 65.4 Å². The number of rotatable bonds is 15. The molecule has 0 radical (unpaired) electrons. The maximum absolute atomic E-state index is 13.3. The first-order valence-electron chi connectivity index (χ1n) is 14.8. The van der Waals surface area contributed by atoms with Gasteiger partial charge >= 0.3 is 0 Å². The highest BCUT2D eigenvalue weighted by Gasteiger charge is 2.26. The van der Waals surface area contributed by atoms with Crippen LogP contribution in [0.15, 0.2) is 48.5 Å². The second-order valence-electron chi connectivity index (χ2n) is 11.4. The first-order valence-corrected chi connectivity index (χ1v) is 14.8. The number of fused-ring (bicyclic) bond motifs is 1. The number of nitrogens with zero attached hydrogens (tertiary/aromatic N) is 1. The van der Waals surface area contributed by atoms with Gasteiger partial charge in [-0.15, -0.1) is 0 Å². The van der Waals surface area contributed by atoms with Crippen molar-refractivity contribution in [3.8, 4) is 5.75 Å². The molecular weight excluding hydrogens is 516 g/mol. The number of carbonyl (C=O) groups excluding carboxylic acids is 3. The van der Waals surface area contributed by atoms with Crippen LogP contribution in [0.1, 0.15) is 62.3 Å². The number of ketones is 1. The highest BCUT2D eigenvalue weighted by Crippen LogP contribution is 2.27. The SMILES string of the molecule is COc1ccc2[nH]c(C)c(CC(=O)NC(CCCCCC(C)=O)C(=O)NC[C@@H]3CCN(Cc4ccccc4)C3)c2c1. The fourth-order valence-electron chi connectivity index (χ4n) is 5.72. The van der Waals surface area contributed by atoms with E-state index >= 15 is 0 Å². The van der Waals surface area contributed by atoms with Crippen LogP contribution in [-0.2, 0) is 27.3 Å². The van der Waals surface area contributed by atoms with Gasteiger partial charge in [0, 0.05) is 42.7 Å². The number of hydrogen-bond donors (Lipinski definition) is 3. The lowest BCUT2D eigenvalue weighted by atomic mass is 10.0. The number of benzene rings is 2. The van der Waals surface area contributed by atoms with E-state index in [4.69, 9.17) is 4.74 Å². The summed E-state index contributed by atoms with van der Waals surface area (Å²) in [6.07, 6.45) is 4.71. The van der Waals surface area contributed by atoms with Crippen LogP contribution in [0.2, 0.25) is 0 Å². The summed E-state index contributed by atoms with van der Waals surface area (Å²) >= 11 is 0. The van der Waals surface area contributed by atoms with E-state index in [0.717, 1.165) is 73.2 Å². The van der Waals surface area contributed by atoms with Crippen LogP contribution in [0.25, 0.3) is 10.9 Å². The van der Waals surface area contributed by atoms with Crippen molar-refractivity contribution in [2.24, 2.45) is 5.92 Å². The summed E-state index contributed by atoms with van der Waals surface area (Å²) in [5.74, 6) is 0.976. The number of unbranched alkanes of at least 4 members (excludes halogenated alkanes) is 2. The van der Waals surface area contributed by atoms with Crippen molar-refractivity contribution < 1.29 is 19.1 Å². The zero-order valence-electron chi connectivity index (χ0n) is 24.6. The number of hydrogen-bond acceptors (Lipinski definition) is 5. The van der Waals surface area contributed by atoms with Gasteiger partial charge < -0.3 is 25.1 Å². The van der Waals surface area contributed by atoms with Gasteiger partial charge in [0.05, 0.1) is 13.5 Å². The van der Waals surface area contributed by atoms with Crippen LogP contribution in [0.4, 0.5) is 0 Å². The maximum Gasteiger partial charge on any atom is 0.242 e. The van der Waals surface area contributed by atoms with Gasteiger partial charge in [0.2, 0.25) is 11.8 Å². The van der Waals surface area contributed by atoms with Crippen molar-refractivity contribution in [2.75, 3.05) is 26.7 Å². The Morgan fingerprint density at radius 3 is 2.66 bits per heavy atom. The molecular formula is C33H44N4O4. The second kappa shape index (κ2) is 14.8. The number of aromatic nitrogens is 1. The van der Waals surface area contributed by atoms with Crippen LogP contribution in [-0.4, -0.2) is 60.3 Å². The molecule has 1 aliphatic heterocycles. The van der Waals surface area contributed by atoms with E-state index in [2.05, 4.69) is 44.8 Å². The predicted octanol–water partition coefficient (Wildman–Crippen LogP) is 4.69. The molecule has 220 valence electrons. The van der Waals surface area contributed by atoms with Crippen molar-refractivity contribution in [1.82, 2.24) is 20.5 Å². The van der Waals surface area contributed by atoms with Crippen molar-refractivity contribution in [2.45, 2.75) is 71.4 Å². The third kappa shape index (κ3) is 8.92. The highest BCUT2D eigenvalue weighted by molar-refractivity contribution is 5.93. The molecule has 0 spiro atoms. The van der Waals surface area contributed by atoms with E-state index in [0.29, 0.717) is 25.3 Å². The van der Waals surface area contributed by atoms with Crippen molar-refractivity contribution in [1.29, 1.82) is 0 Å². The van der Waals surface area contributed by atoms with Crippen molar-refractivity contribution >= 4 is 28.5 Å². The summed E-state index contributed by atoms with van der Waals surface area (Å²) in [5, 5.41) is 7.10. The Morgan fingerprint density at radius 1 is 1.10 bits per heavy atom. The van der Waals surface area contributed by atoms with E-state index in [1.807, 2.05) is 31.2 Å². The van der Waals surface area contributed by atoms with E-state index < -0.39 is 6.04 Å². The standard InChI is InChI=1S/C33H44N4O4/c1-23(38)10-6-4-9-13-31(33(40)34-20-26-16-17-37(22-26)21-25-11-7-5-8-12-25)36-32(39)19-28-24(2)35-30-15-14-27(41-3)18-29(28)30/h5,7-8,11-12,14-15,18,26,31,35H,4,6,9-10,13,16-17,19-22H2,1-3H3,(H,34,40)(H,36,39)/t26-,31?/m0/s1. The lowest BCUT2D eigenvalue weighted by Gasteiger charge is -2.20. The van der Waals surface area contributed by atoms with E-state index in [-0.39, 0.29) is 24.0 Å². The average Bonchev–Trinajstić information content (AvgIpc) is 3.53. The number of aryl methyl sites for hydroxylation is 1. The molecule has 8 nitrogen and oxygen atoms in total. The van der Waals surface area contributed by atoms with Crippen molar-refractivity contribution in [3.63, 3.8) is 0 Å². The molecule has 0 saturated carbocycles. The Hall–Kier alpha value is -3.65. The van der Waals surface area contributed by atoms with Gasteiger partial charge in [0.15, 0.2) is 0 Å². The Kier molecular flexibility index (Phi) is 11.0. The second-order valence-corrected chi connectivity index (χ2v) is 11.4. The lowest BCUT2D eigenvalue weighted by Crippen LogP contribution is -2.48. The molecule has 0 aliphatic carbocycles. The van der Waals surface area contributed by atoms with E-state index in [9.17, 15) is 14.4 Å². The smallest absolute Gasteiger partial charge is 0.242 e. The predicted molar refractivity (Wildman–Crippen MR) is 162 cm³/mol. The molecule has 0 bridgehead atoms. The molecule has 1 unspecified atom stereocenters. The number of nitrogens with one attached hydrogen (secondary N) is 3. The first kappa shape index (κ1) is 30.3. The van der Waals surface area contributed by atoms with Gasteiger partial charge in [-0.3, -0.25) is 14.5 Å². The monoisotopic (exact) mass is 560 g/mol. The first-order chi connectivity index (χ1) is 19.8. The minimum Gasteiger partial charge on any atom is -0.497 e. The number of carbonyl (C=O) groups is 3. The van der Waals surface area contributed by atoms with Gasteiger partial charge in [0.1, 0.15) is 17.6 Å². The van der Waals surface area contributed by atoms with Crippen LogP contribution in [0, 0.1) is 12.8 Å². The summed E-state index contributed by atoms with van der Waals surface area (Å²) in [7, 11) is 1.62. The molecule has 1 fully saturated rings. The van der Waals surface area contributed by atoms with E-state index in [1.54, 1.807) is 14.0 Å². The topological polar surface area (TPSA) is 104 Å². The number of amides is 2. The molecule has 2 amide bonds. The Bertz CT molecular complexity index is 1320. The van der Waals surface area contributed by atoms with Gasteiger partial charge in [-0.05, 0) is 74.9 Å². The Labute approximate surface area is 243 Å². The van der Waals surface area contributed by atoms with Gasteiger partial charge in [-0.2, -0.15) is 0 Å². The fourth-order valence-corrected chi connectivity index (χ4v) is 5.72. The van der Waals surface area contributed by atoms with E-state index in [1.165, 1.54) is 5.56 Å². The summed E-state index contributed by atoms with van der Waals surface area (Å²) in [5.41, 5.74) is 4.08. The summed E-state index contributed by atoms with van der Waals surface area (Å²) in [6, 6.07) is 15.6. The molecule has 1 aromatic heterocycles. The minimum absolute atomic E-state index is 0.135. The lowest BCUT2D eigenvalue weighted by molar-refractivity contribution is -0.129. The fraction of sp³-hybridized carbons (Fsp3) is 0.485. The molecule has 3 N–H and O–H groups in total. The molecule has 1 saturated heterocycles. The van der Waals surface area contributed by atoms with Crippen LogP contribution < -0.4 is 15.4 Å². The van der Waals surface area contributed by atoms with Gasteiger partial charge in [0.25, 0.3) is 0 Å². The molecule has 2 atom stereocenters. The highest BCUT2D eigenvalue weighted by atomic mass is 16.5. The summed E-state index contributed by atoms with van der Waals surface area (Å²) in [6.45, 7) is 7.03. The number of Topliss-reactive ketones (excluding diaryl/α,β-unsaturated/α-hetero) is 1. The molecule has 41 heavy (non-hydrogen) atoms. The summed E-state index contributed by atoms with van der Waals surface area (Å²) < 4.78 is 5.38. The zero-order valence-corrected chi connectivity index (χ0v) is 24.6. The quantitative estimate of drug-likeness (QED) is 0.234. The molecule has 4 rings (SSSR count). The zero-order chi connectivity index (χ0) is 29.2. The largest absolute Gasteiger partial charge is 0.497 e. The summed E-state index contributed by atoms with van der Waals surface area (Å²) in [4.78, 5) is 43.7. The van der Waals surface area contributed by atoms with Crippen LogP contribution in [0.3, 0.4) is 0 Å². The Morgan fingerprint density at radius 2 is 1.90 bits per heavy atom. The number of H-pyrrole nitrogens is 1.